The second-order valence-corrected chi connectivity index (χ2v) is 9.41. The monoisotopic (exact) mass is 506 g/mol. The van der Waals surface area contributed by atoms with Gasteiger partial charge in [0.1, 0.15) is 0 Å². The van der Waals surface area contributed by atoms with Crippen LogP contribution in [-0.2, 0) is 35.0 Å². The number of ether oxygens (including phenoxy) is 4. The number of aryl methyl sites for hydroxylation is 1. The van der Waals surface area contributed by atoms with Crippen molar-refractivity contribution in [3.05, 3.63) is 83.4 Å². The maximum Gasteiger partial charge on any atom is 0.417 e. The third-order valence-electron chi connectivity index (χ3n) is 6.85. The molecule has 3 aliphatic heterocycles. The lowest BCUT2D eigenvalue weighted by atomic mass is 9.98. The van der Waals surface area contributed by atoms with Crippen LogP contribution >= 0.6 is 0 Å². The first-order valence-corrected chi connectivity index (χ1v) is 12.5. The molecule has 5 rings (SSSR count). The maximum atomic E-state index is 13.6. The van der Waals surface area contributed by atoms with E-state index >= 15 is 0 Å². The average Bonchev–Trinajstić information content (AvgIpc) is 3.03. The Morgan fingerprint density at radius 1 is 0.946 bits per heavy atom. The second-order valence-electron chi connectivity index (χ2n) is 9.41. The molecule has 1 spiro atoms. The minimum absolute atomic E-state index is 0.190. The quantitative estimate of drug-likeness (QED) is 0.529. The standard InChI is InChI=1S/C28H30N2O7/c1-20-6-5-7-21(18-20)19-24-28(36-25(31)10-11-26(32)37-28)30(27(33)35-24)23(22-8-3-2-4-9-22)12-13-29-14-16-34-17-15-29/h2-11,18,23-24H,12-17,19H2,1H3. The van der Waals surface area contributed by atoms with Gasteiger partial charge in [-0.05, 0) is 24.5 Å². The summed E-state index contributed by atoms with van der Waals surface area (Å²) < 4.78 is 22.9. The molecule has 0 bridgehead atoms. The van der Waals surface area contributed by atoms with E-state index in [1.54, 1.807) is 0 Å². The molecule has 194 valence electrons. The van der Waals surface area contributed by atoms with Crippen molar-refractivity contribution >= 4 is 18.0 Å². The summed E-state index contributed by atoms with van der Waals surface area (Å²) in [4.78, 5) is 42.5. The van der Waals surface area contributed by atoms with Gasteiger partial charge in [0.2, 0.25) is 6.10 Å². The van der Waals surface area contributed by atoms with E-state index in [1.165, 1.54) is 4.90 Å². The number of carbonyl (C=O) groups is 3. The molecule has 2 unspecified atom stereocenters. The van der Waals surface area contributed by atoms with Gasteiger partial charge in [0.25, 0.3) is 0 Å². The first-order chi connectivity index (χ1) is 17.9. The Labute approximate surface area is 215 Å². The molecular formula is C28H30N2O7. The molecule has 3 aliphatic rings. The predicted octanol–water partition coefficient (Wildman–Crippen LogP) is 3.13. The fourth-order valence-corrected chi connectivity index (χ4v) is 5.10. The average molecular weight is 507 g/mol. The van der Waals surface area contributed by atoms with E-state index in [1.807, 2.05) is 61.5 Å². The largest absolute Gasteiger partial charge is 0.435 e. The van der Waals surface area contributed by atoms with Crippen LogP contribution < -0.4 is 0 Å². The number of hydrogen-bond acceptors (Lipinski definition) is 8. The highest BCUT2D eigenvalue weighted by Gasteiger charge is 2.64. The van der Waals surface area contributed by atoms with Crippen LogP contribution in [0.15, 0.2) is 66.7 Å². The fourth-order valence-electron chi connectivity index (χ4n) is 5.10. The van der Waals surface area contributed by atoms with Gasteiger partial charge in [-0.1, -0.05) is 60.2 Å². The van der Waals surface area contributed by atoms with E-state index in [0.29, 0.717) is 26.2 Å². The van der Waals surface area contributed by atoms with E-state index < -0.39 is 36.1 Å². The summed E-state index contributed by atoms with van der Waals surface area (Å²) in [5.74, 6) is -3.64. The molecule has 0 radical (unpaired) electrons. The summed E-state index contributed by atoms with van der Waals surface area (Å²) >= 11 is 0. The van der Waals surface area contributed by atoms with Gasteiger partial charge in [-0.25, -0.2) is 19.3 Å². The van der Waals surface area contributed by atoms with E-state index in [9.17, 15) is 14.4 Å². The smallest absolute Gasteiger partial charge is 0.417 e. The van der Waals surface area contributed by atoms with Crippen molar-refractivity contribution in [1.82, 2.24) is 9.80 Å². The normalized spacial score (nSPS) is 22.4. The Hall–Kier alpha value is -3.69. The summed E-state index contributed by atoms with van der Waals surface area (Å²) in [5, 5.41) is 0. The maximum absolute atomic E-state index is 13.6. The number of hydrogen-bond donors (Lipinski definition) is 0. The van der Waals surface area contributed by atoms with Crippen molar-refractivity contribution in [1.29, 1.82) is 0 Å². The predicted molar refractivity (Wildman–Crippen MR) is 132 cm³/mol. The molecule has 0 saturated carbocycles. The van der Waals surface area contributed by atoms with Crippen LogP contribution in [0.2, 0.25) is 0 Å². The molecule has 37 heavy (non-hydrogen) atoms. The van der Waals surface area contributed by atoms with E-state index in [0.717, 1.165) is 41.9 Å². The van der Waals surface area contributed by atoms with Crippen LogP contribution in [-0.4, -0.2) is 72.7 Å². The molecular weight excluding hydrogens is 476 g/mol. The van der Waals surface area contributed by atoms with Crippen LogP contribution in [0.3, 0.4) is 0 Å². The van der Waals surface area contributed by atoms with Crippen LogP contribution in [0.4, 0.5) is 4.79 Å². The van der Waals surface area contributed by atoms with Crippen LogP contribution in [0.1, 0.15) is 29.2 Å². The van der Waals surface area contributed by atoms with Crippen molar-refractivity contribution in [3.8, 4) is 0 Å². The number of amides is 1. The molecule has 2 aromatic carbocycles. The molecule has 2 aromatic rings. The summed E-state index contributed by atoms with van der Waals surface area (Å²) in [5.41, 5.74) is 2.69. The van der Waals surface area contributed by atoms with Crippen LogP contribution in [0, 0.1) is 6.92 Å². The van der Waals surface area contributed by atoms with Crippen LogP contribution in [0.25, 0.3) is 0 Å². The number of esters is 2. The lowest BCUT2D eigenvalue weighted by molar-refractivity contribution is -0.284. The molecule has 3 heterocycles. The van der Waals surface area contributed by atoms with Crippen molar-refractivity contribution < 1.29 is 33.3 Å². The first-order valence-electron chi connectivity index (χ1n) is 12.5. The second kappa shape index (κ2) is 10.7. The summed E-state index contributed by atoms with van der Waals surface area (Å²) in [7, 11) is 0. The number of rotatable bonds is 7. The topological polar surface area (TPSA) is 94.6 Å². The summed E-state index contributed by atoms with van der Waals surface area (Å²) in [6.45, 7) is 5.46. The molecule has 9 heteroatoms. The highest BCUT2D eigenvalue weighted by molar-refractivity contribution is 5.94. The van der Waals surface area contributed by atoms with Crippen molar-refractivity contribution in [2.24, 2.45) is 0 Å². The zero-order valence-corrected chi connectivity index (χ0v) is 20.7. The van der Waals surface area contributed by atoms with Gasteiger partial charge in [0.05, 0.1) is 19.3 Å². The zero-order valence-electron chi connectivity index (χ0n) is 20.7. The van der Waals surface area contributed by atoms with Crippen molar-refractivity contribution in [2.75, 3.05) is 32.8 Å². The third-order valence-corrected chi connectivity index (χ3v) is 6.85. The van der Waals surface area contributed by atoms with Gasteiger partial charge < -0.3 is 18.9 Å². The minimum Gasteiger partial charge on any atom is -0.435 e. The number of nitrogens with zero attached hydrogens (tertiary/aromatic N) is 2. The van der Waals surface area contributed by atoms with Gasteiger partial charge in [-0.15, -0.1) is 0 Å². The highest BCUT2D eigenvalue weighted by Crippen LogP contribution is 2.43. The van der Waals surface area contributed by atoms with Crippen LogP contribution in [0.5, 0.6) is 0 Å². The third kappa shape index (κ3) is 5.38. The van der Waals surface area contributed by atoms with Gasteiger partial charge >= 0.3 is 23.9 Å². The van der Waals surface area contributed by atoms with E-state index in [2.05, 4.69) is 4.90 Å². The Balaban J connectivity index is 1.54. The molecule has 1 amide bonds. The Morgan fingerprint density at radius 3 is 2.32 bits per heavy atom. The van der Waals surface area contributed by atoms with E-state index in [-0.39, 0.29) is 6.42 Å². The summed E-state index contributed by atoms with van der Waals surface area (Å²) in [6.07, 6.45) is 0.927. The molecule has 0 aromatic heterocycles. The number of carbonyl (C=O) groups excluding carboxylic acids is 3. The minimum atomic E-state index is -2.07. The Morgan fingerprint density at radius 2 is 1.65 bits per heavy atom. The van der Waals surface area contributed by atoms with Crippen molar-refractivity contribution in [3.63, 3.8) is 0 Å². The molecule has 9 nitrogen and oxygen atoms in total. The fraction of sp³-hybridized carbons (Fsp3) is 0.393. The lowest BCUT2D eigenvalue weighted by Gasteiger charge is -2.40. The number of benzene rings is 2. The first kappa shape index (κ1) is 25.0. The lowest BCUT2D eigenvalue weighted by Crippen LogP contribution is -2.58. The number of morpholine rings is 1. The molecule has 2 saturated heterocycles. The zero-order chi connectivity index (χ0) is 25.8. The van der Waals surface area contributed by atoms with E-state index in [4.69, 9.17) is 18.9 Å². The van der Waals surface area contributed by atoms with Gasteiger partial charge in [-0.2, -0.15) is 0 Å². The molecule has 2 atom stereocenters. The number of cyclic esters (lactones) is 1. The van der Waals surface area contributed by atoms with Gasteiger partial charge in [-0.3, -0.25) is 4.90 Å². The van der Waals surface area contributed by atoms with Gasteiger partial charge in [0, 0.05) is 38.2 Å². The Kier molecular flexibility index (Phi) is 7.25. The summed E-state index contributed by atoms with van der Waals surface area (Å²) in [6, 6.07) is 16.6. The molecule has 0 N–H and O–H groups in total. The molecule has 0 aliphatic carbocycles. The molecule has 2 fully saturated rings. The van der Waals surface area contributed by atoms with Crippen molar-refractivity contribution in [2.45, 2.75) is 37.8 Å². The SMILES string of the molecule is Cc1cccc(CC2OC(=O)N(C(CCN3CCOCC3)c3ccccc3)C23OC(=O)C=CC(=O)O3)c1. The van der Waals surface area contributed by atoms with Gasteiger partial charge in [0.15, 0.2) is 0 Å². The highest BCUT2D eigenvalue weighted by atomic mass is 16.8. The Bertz CT molecular complexity index is 1160.